The van der Waals surface area contributed by atoms with Crippen molar-refractivity contribution in [2.75, 3.05) is 26.2 Å². The molecule has 2 aliphatic heterocycles. The predicted octanol–water partition coefficient (Wildman–Crippen LogP) is 4.54. The minimum absolute atomic E-state index is 0.0879. The first-order chi connectivity index (χ1) is 16.0. The third kappa shape index (κ3) is 5.46. The summed E-state index contributed by atoms with van der Waals surface area (Å²) >= 11 is 0. The molecule has 2 aromatic rings. The van der Waals surface area contributed by atoms with Crippen LogP contribution >= 0.6 is 0 Å². The molecule has 4 heteroatoms. The van der Waals surface area contributed by atoms with Gasteiger partial charge in [0.1, 0.15) is 5.78 Å². The summed E-state index contributed by atoms with van der Waals surface area (Å²) in [5, 5.41) is 12.1. The molecule has 0 bridgehead atoms. The van der Waals surface area contributed by atoms with Gasteiger partial charge in [0.2, 0.25) is 0 Å². The van der Waals surface area contributed by atoms with E-state index in [9.17, 15) is 9.90 Å². The normalized spacial score (nSPS) is 29.2. The summed E-state index contributed by atoms with van der Waals surface area (Å²) in [7, 11) is 0. The molecule has 4 rings (SSSR count). The van der Waals surface area contributed by atoms with Crippen molar-refractivity contribution in [2.45, 2.75) is 44.9 Å². The lowest BCUT2D eigenvalue weighted by atomic mass is 9.66. The Hall–Kier alpha value is -2.27. The van der Waals surface area contributed by atoms with Crippen molar-refractivity contribution < 1.29 is 9.90 Å². The first-order valence-corrected chi connectivity index (χ1v) is 12.4. The molecule has 0 spiro atoms. The van der Waals surface area contributed by atoms with Gasteiger partial charge in [-0.25, -0.2) is 0 Å². The van der Waals surface area contributed by atoms with Crippen LogP contribution in [0.15, 0.2) is 73.3 Å². The molecule has 176 valence electrons. The van der Waals surface area contributed by atoms with Crippen molar-refractivity contribution in [3.63, 3.8) is 0 Å². The highest BCUT2D eigenvalue weighted by Crippen LogP contribution is 2.41. The van der Waals surface area contributed by atoms with E-state index >= 15 is 0 Å². The van der Waals surface area contributed by atoms with Gasteiger partial charge in [-0.1, -0.05) is 73.7 Å². The van der Waals surface area contributed by atoms with Crippen molar-refractivity contribution in [3.05, 3.63) is 84.4 Å². The molecule has 2 heterocycles. The van der Waals surface area contributed by atoms with E-state index in [1.807, 2.05) is 18.2 Å². The Morgan fingerprint density at radius 3 is 2.15 bits per heavy atom. The Balaban J connectivity index is 1.52. The van der Waals surface area contributed by atoms with Crippen LogP contribution in [-0.2, 0) is 17.9 Å². The average molecular weight is 447 g/mol. The SMILES string of the molecule is C=CC[C@@H]1CN(Cc2ccccc2)C[C@H]([C@]2(O)CCN(Cc3ccccc3)C[C@@H]2CC)C1=O. The maximum atomic E-state index is 13.6. The van der Waals surface area contributed by atoms with Crippen LogP contribution in [0, 0.1) is 17.8 Å². The number of ketones is 1. The molecule has 2 saturated heterocycles. The highest BCUT2D eigenvalue weighted by Gasteiger charge is 2.52. The standard InChI is InChI=1S/C29H38N2O2/c1-3-11-25-20-31(19-24-14-9-6-10-15-24)22-27(28(25)32)29(33)16-17-30(21-26(29)4-2)18-23-12-7-5-8-13-23/h3,5-10,12-15,25-27,33H,1,4,11,16-22H2,2H3/t25-,26+,27+,29+/m1/s1. The summed E-state index contributed by atoms with van der Waals surface area (Å²) in [5.41, 5.74) is 1.60. The van der Waals surface area contributed by atoms with Crippen molar-refractivity contribution in [1.82, 2.24) is 9.80 Å². The van der Waals surface area contributed by atoms with Gasteiger partial charge >= 0.3 is 0 Å². The van der Waals surface area contributed by atoms with Crippen molar-refractivity contribution in [2.24, 2.45) is 17.8 Å². The summed E-state index contributed by atoms with van der Waals surface area (Å²) < 4.78 is 0. The number of carbonyl (C=O) groups excluding carboxylic acids is 1. The van der Waals surface area contributed by atoms with Crippen LogP contribution < -0.4 is 0 Å². The van der Waals surface area contributed by atoms with Crippen LogP contribution in [0.1, 0.15) is 37.3 Å². The molecule has 0 aliphatic carbocycles. The summed E-state index contributed by atoms with van der Waals surface area (Å²) in [6, 6.07) is 21.0. The van der Waals surface area contributed by atoms with Gasteiger partial charge in [-0.2, -0.15) is 0 Å². The van der Waals surface area contributed by atoms with Crippen LogP contribution in [0.3, 0.4) is 0 Å². The number of hydrogen-bond acceptors (Lipinski definition) is 4. The van der Waals surface area contributed by atoms with Gasteiger partial charge in [0, 0.05) is 51.1 Å². The first-order valence-electron chi connectivity index (χ1n) is 12.4. The molecule has 0 amide bonds. The first kappa shape index (κ1) is 23.9. The maximum absolute atomic E-state index is 13.6. The average Bonchev–Trinajstić information content (AvgIpc) is 2.83. The Bertz CT molecular complexity index is 916. The van der Waals surface area contributed by atoms with E-state index in [1.165, 1.54) is 11.1 Å². The van der Waals surface area contributed by atoms with Crippen LogP contribution in [0.25, 0.3) is 0 Å². The summed E-state index contributed by atoms with van der Waals surface area (Å²) in [6.45, 7) is 10.8. The summed E-state index contributed by atoms with van der Waals surface area (Å²) in [4.78, 5) is 18.4. The quantitative estimate of drug-likeness (QED) is 0.605. The smallest absolute Gasteiger partial charge is 0.144 e. The minimum Gasteiger partial charge on any atom is -0.389 e. The number of carbonyl (C=O) groups is 1. The second-order valence-electron chi connectivity index (χ2n) is 9.92. The highest BCUT2D eigenvalue weighted by atomic mass is 16.3. The number of allylic oxidation sites excluding steroid dienone is 1. The minimum atomic E-state index is -0.951. The topological polar surface area (TPSA) is 43.8 Å². The van der Waals surface area contributed by atoms with Gasteiger partial charge in [0.05, 0.1) is 11.5 Å². The number of hydrogen-bond donors (Lipinski definition) is 1. The molecule has 0 unspecified atom stereocenters. The Morgan fingerprint density at radius 1 is 0.970 bits per heavy atom. The Labute approximate surface area is 198 Å². The molecular formula is C29H38N2O2. The lowest BCUT2D eigenvalue weighted by Gasteiger charge is -2.51. The molecule has 0 radical (unpaired) electrons. The molecule has 0 saturated carbocycles. The van der Waals surface area contributed by atoms with Gasteiger partial charge < -0.3 is 5.11 Å². The second kappa shape index (κ2) is 10.8. The third-order valence-electron chi connectivity index (χ3n) is 7.72. The number of benzene rings is 2. The van der Waals surface area contributed by atoms with Gasteiger partial charge in [0.15, 0.2) is 0 Å². The molecule has 1 N–H and O–H groups in total. The predicted molar refractivity (Wildman–Crippen MR) is 134 cm³/mol. The fourth-order valence-electron chi connectivity index (χ4n) is 5.90. The van der Waals surface area contributed by atoms with Crippen LogP contribution in [-0.4, -0.2) is 52.5 Å². The number of Topliss-reactive ketones (excluding diaryl/α,β-unsaturated/α-hetero) is 1. The third-order valence-corrected chi connectivity index (χ3v) is 7.72. The van der Waals surface area contributed by atoms with Crippen LogP contribution in [0.4, 0.5) is 0 Å². The number of piperidine rings is 2. The van der Waals surface area contributed by atoms with E-state index in [4.69, 9.17) is 0 Å². The van der Waals surface area contributed by atoms with E-state index in [0.29, 0.717) is 19.4 Å². The zero-order valence-corrected chi connectivity index (χ0v) is 19.9. The van der Waals surface area contributed by atoms with E-state index < -0.39 is 5.60 Å². The van der Waals surface area contributed by atoms with E-state index in [2.05, 4.69) is 71.8 Å². The summed E-state index contributed by atoms with van der Waals surface area (Å²) in [5.74, 6) is -0.112. The van der Waals surface area contributed by atoms with Crippen LogP contribution in [0.2, 0.25) is 0 Å². The maximum Gasteiger partial charge on any atom is 0.144 e. The fourth-order valence-corrected chi connectivity index (χ4v) is 5.90. The van der Waals surface area contributed by atoms with E-state index in [0.717, 1.165) is 39.1 Å². The second-order valence-corrected chi connectivity index (χ2v) is 9.92. The molecule has 33 heavy (non-hydrogen) atoms. The van der Waals surface area contributed by atoms with E-state index in [1.54, 1.807) is 0 Å². The Morgan fingerprint density at radius 2 is 1.58 bits per heavy atom. The molecule has 4 nitrogen and oxygen atoms in total. The van der Waals surface area contributed by atoms with Gasteiger partial charge in [0.25, 0.3) is 0 Å². The molecular weight excluding hydrogens is 408 g/mol. The molecule has 2 fully saturated rings. The van der Waals surface area contributed by atoms with Crippen molar-refractivity contribution in [3.8, 4) is 0 Å². The van der Waals surface area contributed by atoms with Crippen molar-refractivity contribution in [1.29, 1.82) is 0 Å². The lowest BCUT2D eigenvalue weighted by molar-refractivity contribution is -0.161. The number of rotatable bonds is 8. The largest absolute Gasteiger partial charge is 0.389 e. The zero-order chi connectivity index (χ0) is 23.3. The van der Waals surface area contributed by atoms with Gasteiger partial charge in [-0.05, 0) is 30.4 Å². The molecule has 0 aromatic heterocycles. The molecule has 2 aliphatic rings. The number of nitrogens with zero attached hydrogens (tertiary/aromatic N) is 2. The lowest BCUT2D eigenvalue weighted by Crippen LogP contribution is -2.62. The zero-order valence-electron chi connectivity index (χ0n) is 19.9. The Kier molecular flexibility index (Phi) is 7.79. The number of aliphatic hydroxyl groups is 1. The van der Waals surface area contributed by atoms with Crippen molar-refractivity contribution >= 4 is 5.78 Å². The van der Waals surface area contributed by atoms with E-state index in [-0.39, 0.29) is 23.5 Å². The highest BCUT2D eigenvalue weighted by molar-refractivity contribution is 5.86. The molecule has 2 aromatic carbocycles. The van der Waals surface area contributed by atoms with Gasteiger partial charge in [-0.3, -0.25) is 14.6 Å². The van der Waals surface area contributed by atoms with Crippen LogP contribution in [0.5, 0.6) is 0 Å². The number of likely N-dealkylation sites (tertiary alicyclic amines) is 2. The van der Waals surface area contributed by atoms with Gasteiger partial charge in [-0.15, -0.1) is 6.58 Å². The fraction of sp³-hybridized carbons (Fsp3) is 0.483. The summed E-state index contributed by atoms with van der Waals surface area (Å²) in [6.07, 6.45) is 4.05. The monoisotopic (exact) mass is 446 g/mol. The molecule has 4 atom stereocenters.